The topological polar surface area (TPSA) is 49.4 Å². The molecular weight excluding hydrogens is 300 g/mol. The van der Waals surface area contributed by atoms with E-state index < -0.39 is 0 Å². The van der Waals surface area contributed by atoms with Crippen molar-refractivity contribution in [2.45, 2.75) is 26.2 Å². The molecule has 4 nitrogen and oxygen atoms in total. The van der Waals surface area contributed by atoms with Crippen molar-refractivity contribution in [2.24, 2.45) is 0 Å². The number of piperidine rings is 1. The lowest BCUT2D eigenvalue weighted by Gasteiger charge is -2.27. The van der Waals surface area contributed by atoms with Crippen LogP contribution in [0.1, 0.15) is 45.5 Å². The van der Waals surface area contributed by atoms with Gasteiger partial charge in [-0.1, -0.05) is 29.8 Å². The van der Waals surface area contributed by atoms with Crippen molar-refractivity contribution in [3.05, 3.63) is 65.2 Å². The maximum Gasteiger partial charge on any atom is 0.255 e. The number of anilines is 1. The van der Waals surface area contributed by atoms with E-state index in [0.717, 1.165) is 31.5 Å². The molecule has 0 radical (unpaired) electrons. The Labute approximate surface area is 142 Å². The largest absolute Gasteiger partial charge is 0.339 e. The summed E-state index contributed by atoms with van der Waals surface area (Å²) in [5.41, 5.74) is 2.81. The molecule has 1 N–H and O–H groups in total. The van der Waals surface area contributed by atoms with Crippen LogP contribution < -0.4 is 5.32 Å². The summed E-state index contributed by atoms with van der Waals surface area (Å²) in [7, 11) is 0. The van der Waals surface area contributed by atoms with Crippen molar-refractivity contribution in [2.75, 3.05) is 18.4 Å². The van der Waals surface area contributed by atoms with Crippen LogP contribution in [0.15, 0.2) is 48.5 Å². The first-order valence-corrected chi connectivity index (χ1v) is 8.41. The van der Waals surface area contributed by atoms with Crippen molar-refractivity contribution >= 4 is 17.5 Å². The molecule has 1 aliphatic heterocycles. The van der Waals surface area contributed by atoms with Crippen LogP contribution in [0.5, 0.6) is 0 Å². The molecule has 1 heterocycles. The number of aryl methyl sites for hydroxylation is 1. The minimum Gasteiger partial charge on any atom is -0.339 e. The van der Waals surface area contributed by atoms with Crippen molar-refractivity contribution in [1.82, 2.24) is 4.90 Å². The predicted molar refractivity (Wildman–Crippen MR) is 95.3 cm³/mol. The third-order valence-electron chi connectivity index (χ3n) is 4.36. The van der Waals surface area contributed by atoms with Gasteiger partial charge in [0.1, 0.15) is 0 Å². The van der Waals surface area contributed by atoms with Gasteiger partial charge in [-0.15, -0.1) is 0 Å². The zero-order valence-electron chi connectivity index (χ0n) is 13.9. The van der Waals surface area contributed by atoms with Gasteiger partial charge in [0.05, 0.1) is 11.3 Å². The lowest BCUT2D eigenvalue weighted by Crippen LogP contribution is -2.36. The van der Waals surface area contributed by atoms with Crippen LogP contribution in [0, 0.1) is 6.92 Å². The molecule has 124 valence electrons. The maximum atomic E-state index is 12.8. The summed E-state index contributed by atoms with van der Waals surface area (Å²) in [6.07, 6.45) is 3.27. The number of amides is 2. The highest BCUT2D eigenvalue weighted by Gasteiger charge is 2.21. The number of carbonyl (C=O) groups excluding carboxylic acids is 2. The van der Waals surface area contributed by atoms with Crippen LogP contribution in [0.3, 0.4) is 0 Å². The Morgan fingerprint density at radius 3 is 2.29 bits per heavy atom. The summed E-state index contributed by atoms with van der Waals surface area (Å²) < 4.78 is 0. The average Bonchev–Trinajstić information content (AvgIpc) is 2.63. The molecule has 1 aliphatic rings. The molecule has 2 amide bonds. The van der Waals surface area contributed by atoms with Crippen LogP contribution in [0.4, 0.5) is 5.69 Å². The second kappa shape index (κ2) is 7.30. The Morgan fingerprint density at radius 2 is 1.58 bits per heavy atom. The summed E-state index contributed by atoms with van der Waals surface area (Å²) in [4.78, 5) is 27.1. The van der Waals surface area contributed by atoms with Gasteiger partial charge in [-0.25, -0.2) is 0 Å². The van der Waals surface area contributed by atoms with Crippen molar-refractivity contribution in [3.63, 3.8) is 0 Å². The Kier molecular flexibility index (Phi) is 4.94. The van der Waals surface area contributed by atoms with E-state index in [-0.39, 0.29) is 11.8 Å². The molecule has 2 aromatic carbocycles. The van der Waals surface area contributed by atoms with Gasteiger partial charge in [0.15, 0.2) is 0 Å². The first-order chi connectivity index (χ1) is 11.6. The third kappa shape index (κ3) is 3.65. The number of nitrogens with zero attached hydrogens (tertiary/aromatic N) is 1. The fourth-order valence-electron chi connectivity index (χ4n) is 2.95. The molecule has 0 saturated carbocycles. The second-order valence-corrected chi connectivity index (χ2v) is 6.22. The number of carbonyl (C=O) groups is 2. The lowest BCUT2D eigenvalue weighted by atomic mass is 10.1. The van der Waals surface area contributed by atoms with Gasteiger partial charge in [-0.3, -0.25) is 9.59 Å². The van der Waals surface area contributed by atoms with E-state index in [2.05, 4.69) is 5.32 Å². The summed E-state index contributed by atoms with van der Waals surface area (Å²) >= 11 is 0. The van der Waals surface area contributed by atoms with Gasteiger partial charge < -0.3 is 10.2 Å². The molecule has 3 rings (SSSR count). The normalized spacial score (nSPS) is 14.3. The molecule has 24 heavy (non-hydrogen) atoms. The summed E-state index contributed by atoms with van der Waals surface area (Å²) in [6, 6.07) is 14.6. The van der Waals surface area contributed by atoms with E-state index in [0.29, 0.717) is 16.8 Å². The van der Waals surface area contributed by atoms with Crippen LogP contribution in [0.25, 0.3) is 0 Å². The van der Waals surface area contributed by atoms with E-state index in [1.165, 1.54) is 6.42 Å². The van der Waals surface area contributed by atoms with E-state index in [1.54, 1.807) is 24.3 Å². The molecule has 0 spiro atoms. The maximum absolute atomic E-state index is 12.8. The van der Waals surface area contributed by atoms with Crippen molar-refractivity contribution < 1.29 is 9.59 Å². The summed E-state index contributed by atoms with van der Waals surface area (Å²) in [6.45, 7) is 3.56. The number of benzene rings is 2. The Morgan fingerprint density at radius 1 is 0.917 bits per heavy atom. The highest BCUT2D eigenvalue weighted by atomic mass is 16.2. The molecule has 4 heteroatoms. The monoisotopic (exact) mass is 322 g/mol. The molecule has 1 fully saturated rings. The van der Waals surface area contributed by atoms with E-state index in [9.17, 15) is 9.59 Å². The summed E-state index contributed by atoms with van der Waals surface area (Å²) in [5.74, 6) is -0.205. The van der Waals surface area contributed by atoms with Crippen LogP contribution in [0.2, 0.25) is 0 Å². The zero-order valence-corrected chi connectivity index (χ0v) is 13.9. The van der Waals surface area contributed by atoms with Gasteiger partial charge in [0.2, 0.25) is 0 Å². The van der Waals surface area contributed by atoms with E-state index >= 15 is 0 Å². The number of hydrogen-bond acceptors (Lipinski definition) is 2. The Balaban J connectivity index is 1.79. The first kappa shape index (κ1) is 16.2. The first-order valence-electron chi connectivity index (χ1n) is 8.41. The molecule has 0 unspecified atom stereocenters. The van der Waals surface area contributed by atoms with Crippen LogP contribution in [-0.4, -0.2) is 29.8 Å². The molecule has 0 aromatic heterocycles. The molecular formula is C20H22N2O2. The fourth-order valence-corrected chi connectivity index (χ4v) is 2.95. The smallest absolute Gasteiger partial charge is 0.255 e. The quantitative estimate of drug-likeness (QED) is 0.932. The number of para-hydroxylation sites is 1. The Hall–Kier alpha value is -2.62. The van der Waals surface area contributed by atoms with Crippen LogP contribution in [-0.2, 0) is 0 Å². The highest BCUT2D eigenvalue weighted by Crippen LogP contribution is 2.20. The van der Waals surface area contributed by atoms with Gasteiger partial charge in [-0.05, 0) is 50.5 Å². The highest BCUT2D eigenvalue weighted by molar-refractivity contribution is 6.09. The predicted octanol–water partition coefficient (Wildman–Crippen LogP) is 3.87. The second-order valence-electron chi connectivity index (χ2n) is 6.22. The third-order valence-corrected chi connectivity index (χ3v) is 4.36. The molecule has 0 bridgehead atoms. The van der Waals surface area contributed by atoms with E-state index in [1.807, 2.05) is 36.1 Å². The summed E-state index contributed by atoms with van der Waals surface area (Å²) in [5, 5.41) is 2.88. The zero-order chi connectivity index (χ0) is 16.9. The van der Waals surface area contributed by atoms with Crippen molar-refractivity contribution in [1.29, 1.82) is 0 Å². The van der Waals surface area contributed by atoms with E-state index in [4.69, 9.17) is 0 Å². The lowest BCUT2D eigenvalue weighted by molar-refractivity contribution is 0.0725. The number of rotatable bonds is 3. The molecule has 1 saturated heterocycles. The van der Waals surface area contributed by atoms with Gasteiger partial charge >= 0.3 is 0 Å². The molecule has 0 atom stereocenters. The number of likely N-dealkylation sites (tertiary alicyclic amines) is 1. The Bertz CT molecular complexity index is 732. The van der Waals surface area contributed by atoms with Gasteiger partial charge in [0.25, 0.3) is 11.8 Å². The average molecular weight is 322 g/mol. The van der Waals surface area contributed by atoms with Gasteiger partial charge in [0, 0.05) is 18.7 Å². The van der Waals surface area contributed by atoms with Gasteiger partial charge in [-0.2, -0.15) is 0 Å². The van der Waals surface area contributed by atoms with Crippen molar-refractivity contribution in [3.8, 4) is 0 Å². The molecule has 2 aromatic rings. The standard InChI is InChI=1S/C20H22N2O2/c1-15-9-11-16(12-10-15)19(23)21-18-8-4-3-7-17(18)20(24)22-13-5-2-6-14-22/h3-4,7-12H,2,5-6,13-14H2,1H3,(H,21,23). The SMILES string of the molecule is Cc1ccc(C(=O)Nc2ccccc2C(=O)N2CCCCC2)cc1. The number of nitrogens with one attached hydrogen (secondary N) is 1. The molecule has 0 aliphatic carbocycles. The fraction of sp³-hybridized carbons (Fsp3) is 0.300. The minimum absolute atomic E-state index is 0.00509. The van der Waals surface area contributed by atoms with Crippen LogP contribution >= 0.6 is 0 Å². The minimum atomic E-state index is -0.200. The number of hydrogen-bond donors (Lipinski definition) is 1.